The van der Waals surface area contributed by atoms with E-state index in [-0.39, 0.29) is 12.5 Å². The molecule has 1 N–H and O–H groups in total. The Labute approximate surface area is 87.1 Å². The molecule has 0 unspecified atom stereocenters. The molecule has 1 amide bonds. The van der Waals surface area contributed by atoms with Crippen molar-refractivity contribution in [3.05, 3.63) is 36.1 Å². The van der Waals surface area contributed by atoms with Gasteiger partial charge in [0.05, 0.1) is 12.1 Å². The van der Waals surface area contributed by atoms with Crippen LogP contribution < -0.4 is 5.32 Å². The van der Waals surface area contributed by atoms with Gasteiger partial charge in [-0.15, -0.1) is 6.42 Å². The molecule has 74 valence electrons. The van der Waals surface area contributed by atoms with E-state index in [1.54, 1.807) is 0 Å². The lowest BCUT2D eigenvalue weighted by molar-refractivity contribution is 0.0959. The van der Waals surface area contributed by atoms with Crippen molar-refractivity contribution in [2.75, 3.05) is 6.54 Å². The maximum absolute atomic E-state index is 11.6. The average molecular weight is 199 g/mol. The van der Waals surface area contributed by atoms with Gasteiger partial charge in [-0.1, -0.05) is 24.1 Å². The minimum atomic E-state index is -0.210. The molecule has 3 heteroatoms. The van der Waals surface area contributed by atoms with Gasteiger partial charge in [-0.25, -0.2) is 0 Å². The summed E-state index contributed by atoms with van der Waals surface area (Å²) in [6.07, 6.45) is 6.50. The van der Waals surface area contributed by atoms with E-state index >= 15 is 0 Å². The number of furan rings is 1. The van der Waals surface area contributed by atoms with E-state index in [4.69, 9.17) is 10.8 Å². The van der Waals surface area contributed by atoms with E-state index in [2.05, 4.69) is 11.2 Å². The molecule has 0 aliphatic heterocycles. The molecule has 0 aliphatic rings. The zero-order valence-electron chi connectivity index (χ0n) is 7.99. The van der Waals surface area contributed by atoms with Crippen LogP contribution in [0.3, 0.4) is 0 Å². The van der Waals surface area contributed by atoms with Crippen LogP contribution in [0.4, 0.5) is 0 Å². The predicted octanol–water partition coefficient (Wildman–Crippen LogP) is 1.80. The SMILES string of the molecule is C#CCNC(=O)c1coc2ccccc12. The van der Waals surface area contributed by atoms with Crippen LogP contribution in [0.25, 0.3) is 11.0 Å². The highest BCUT2D eigenvalue weighted by Crippen LogP contribution is 2.20. The summed E-state index contributed by atoms with van der Waals surface area (Å²) in [6.45, 7) is 0.221. The number of terminal acetylenes is 1. The summed E-state index contributed by atoms with van der Waals surface area (Å²) < 4.78 is 5.24. The van der Waals surface area contributed by atoms with Gasteiger partial charge in [0.25, 0.3) is 5.91 Å². The Bertz CT molecular complexity index is 534. The number of fused-ring (bicyclic) bond motifs is 1. The monoisotopic (exact) mass is 199 g/mol. The summed E-state index contributed by atoms with van der Waals surface area (Å²) in [6, 6.07) is 7.36. The Balaban J connectivity index is 2.36. The van der Waals surface area contributed by atoms with Gasteiger partial charge < -0.3 is 9.73 Å². The molecule has 0 atom stereocenters. The van der Waals surface area contributed by atoms with Crippen molar-refractivity contribution in [1.29, 1.82) is 0 Å². The Morgan fingerprint density at radius 1 is 1.47 bits per heavy atom. The summed E-state index contributed by atoms with van der Waals surface area (Å²) in [5.41, 5.74) is 1.21. The van der Waals surface area contributed by atoms with Gasteiger partial charge in [0, 0.05) is 5.39 Å². The van der Waals surface area contributed by atoms with Crippen LogP contribution in [-0.4, -0.2) is 12.5 Å². The molecule has 1 aromatic heterocycles. The van der Waals surface area contributed by atoms with Crippen molar-refractivity contribution < 1.29 is 9.21 Å². The largest absolute Gasteiger partial charge is 0.463 e. The minimum Gasteiger partial charge on any atom is -0.463 e. The molecule has 15 heavy (non-hydrogen) atoms. The lowest BCUT2D eigenvalue weighted by atomic mass is 10.1. The van der Waals surface area contributed by atoms with Crippen molar-refractivity contribution in [3.8, 4) is 12.3 Å². The Morgan fingerprint density at radius 2 is 2.27 bits per heavy atom. The van der Waals surface area contributed by atoms with E-state index in [1.807, 2.05) is 24.3 Å². The van der Waals surface area contributed by atoms with Gasteiger partial charge in [-0.3, -0.25) is 4.79 Å². The molecular formula is C12H9NO2. The van der Waals surface area contributed by atoms with Crippen LogP contribution in [0.5, 0.6) is 0 Å². The third kappa shape index (κ3) is 1.70. The Hall–Kier alpha value is -2.21. The molecule has 0 radical (unpaired) electrons. The van der Waals surface area contributed by atoms with E-state index in [9.17, 15) is 4.79 Å². The van der Waals surface area contributed by atoms with Crippen LogP contribution in [0.1, 0.15) is 10.4 Å². The molecule has 2 rings (SSSR count). The van der Waals surface area contributed by atoms with E-state index in [0.29, 0.717) is 11.1 Å². The van der Waals surface area contributed by atoms with E-state index in [0.717, 1.165) is 5.39 Å². The number of para-hydroxylation sites is 1. The lowest BCUT2D eigenvalue weighted by Crippen LogP contribution is -2.23. The standard InChI is InChI=1S/C12H9NO2/c1-2-7-13-12(14)10-8-15-11-6-4-3-5-9(10)11/h1,3-6,8H,7H2,(H,13,14). The van der Waals surface area contributed by atoms with Crippen LogP contribution in [-0.2, 0) is 0 Å². The minimum absolute atomic E-state index is 0.210. The Kier molecular flexibility index (Phi) is 2.42. The first-order chi connectivity index (χ1) is 7.33. The highest BCUT2D eigenvalue weighted by Gasteiger charge is 2.11. The third-order valence-corrected chi connectivity index (χ3v) is 2.08. The quantitative estimate of drug-likeness (QED) is 0.749. The number of rotatable bonds is 2. The molecule has 0 saturated heterocycles. The highest BCUT2D eigenvalue weighted by molar-refractivity contribution is 6.05. The summed E-state index contributed by atoms with van der Waals surface area (Å²) in [4.78, 5) is 11.6. The number of amides is 1. The molecule has 0 saturated carbocycles. The summed E-state index contributed by atoms with van der Waals surface area (Å²) in [5.74, 6) is 2.14. The number of hydrogen-bond acceptors (Lipinski definition) is 2. The molecule has 3 nitrogen and oxygen atoms in total. The predicted molar refractivity (Wildman–Crippen MR) is 57.4 cm³/mol. The zero-order chi connectivity index (χ0) is 10.7. The number of hydrogen-bond donors (Lipinski definition) is 1. The number of nitrogens with one attached hydrogen (secondary N) is 1. The molecule has 0 aliphatic carbocycles. The van der Waals surface area contributed by atoms with Gasteiger partial charge in [0.15, 0.2) is 0 Å². The smallest absolute Gasteiger partial charge is 0.255 e. The number of carbonyl (C=O) groups is 1. The van der Waals surface area contributed by atoms with Crippen molar-refractivity contribution in [3.63, 3.8) is 0 Å². The maximum Gasteiger partial charge on any atom is 0.255 e. The molecular weight excluding hydrogens is 190 g/mol. The van der Waals surface area contributed by atoms with Crippen LogP contribution in [0.15, 0.2) is 34.9 Å². The summed E-state index contributed by atoms with van der Waals surface area (Å²) in [5, 5.41) is 3.39. The second-order valence-corrected chi connectivity index (χ2v) is 3.03. The van der Waals surface area contributed by atoms with Crippen LogP contribution in [0.2, 0.25) is 0 Å². The summed E-state index contributed by atoms with van der Waals surface area (Å²) in [7, 11) is 0. The maximum atomic E-state index is 11.6. The fourth-order valence-electron chi connectivity index (χ4n) is 1.38. The van der Waals surface area contributed by atoms with Crippen molar-refractivity contribution in [2.24, 2.45) is 0 Å². The second kappa shape index (κ2) is 3.89. The first-order valence-corrected chi connectivity index (χ1v) is 4.51. The fourth-order valence-corrected chi connectivity index (χ4v) is 1.38. The molecule has 0 spiro atoms. The van der Waals surface area contributed by atoms with Crippen molar-refractivity contribution in [1.82, 2.24) is 5.32 Å². The zero-order valence-corrected chi connectivity index (χ0v) is 7.99. The van der Waals surface area contributed by atoms with Gasteiger partial charge in [0.2, 0.25) is 0 Å². The molecule has 2 aromatic rings. The summed E-state index contributed by atoms with van der Waals surface area (Å²) >= 11 is 0. The number of carbonyl (C=O) groups excluding carboxylic acids is 1. The highest BCUT2D eigenvalue weighted by atomic mass is 16.3. The molecule has 0 bridgehead atoms. The average Bonchev–Trinajstić information content (AvgIpc) is 2.69. The number of benzene rings is 1. The van der Waals surface area contributed by atoms with Gasteiger partial charge in [-0.2, -0.15) is 0 Å². The molecule has 1 heterocycles. The molecule has 1 aromatic carbocycles. The first kappa shape index (κ1) is 9.35. The third-order valence-electron chi connectivity index (χ3n) is 2.08. The van der Waals surface area contributed by atoms with Crippen LogP contribution in [0, 0.1) is 12.3 Å². The fraction of sp³-hybridized carbons (Fsp3) is 0.0833. The van der Waals surface area contributed by atoms with E-state index in [1.165, 1.54) is 6.26 Å². The topological polar surface area (TPSA) is 42.2 Å². The normalized spacial score (nSPS) is 9.80. The first-order valence-electron chi connectivity index (χ1n) is 4.51. The van der Waals surface area contributed by atoms with Gasteiger partial charge in [0.1, 0.15) is 11.8 Å². The van der Waals surface area contributed by atoms with Crippen molar-refractivity contribution in [2.45, 2.75) is 0 Å². The van der Waals surface area contributed by atoms with E-state index < -0.39 is 0 Å². The lowest BCUT2D eigenvalue weighted by Gasteiger charge is -1.97. The van der Waals surface area contributed by atoms with Crippen molar-refractivity contribution >= 4 is 16.9 Å². The Morgan fingerprint density at radius 3 is 3.07 bits per heavy atom. The van der Waals surface area contributed by atoms with Gasteiger partial charge >= 0.3 is 0 Å². The second-order valence-electron chi connectivity index (χ2n) is 3.03. The molecule has 0 fully saturated rings. The van der Waals surface area contributed by atoms with Gasteiger partial charge in [-0.05, 0) is 6.07 Å². The van der Waals surface area contributed by atoms with Crippen LogP contribution >= 0.6 is 0 Å².